The molecular weight excluding hydrogens is 352 g/mol. The number of carbonyl (C=O) groups excluding carboxylic acids is 2. The molecule has 0 amide bonds. The summed E-state index contributed by atoms with van der Waals surface area (Å²) in [6.45, 7) is 4.50. The maximum atomic E-state index is 12.8. The van der Waals surface area contributed by atoms with Gasteiger partial charge in [0.25, 0.3) is 0 Å². The Morgan fingerprint density at radius 1 is 1.07 bits per heavy atom. The number of fused-ring (bicyclic) bond motifs is 1. The normalized spacial score (nSPS) is 17.8. The Balaban J connectivity index is 1.99. The van der Waals surface area contributed by atoms with Gasteiger partial charge >= 0.3 is 0 Å². The Bertz CT molecular complexity index is 841. The maximum Gasteiger partial charge on any atom is 0.166 e. The van der Waals surface area contributed by atoms with Crippen molar-refractivity contribution >= 4 is 11.6 Å². The molecule has 3 rings (SSSR count). The highest BCUT2D eigenvalue weighted by Crippen LogP contribution is 2.45. The van der Waals surface area contributed by atoms with Crippen LogP contribution in [0.25, 0.3) is 0 Å². The van der Waals surface area contributed by atoms with Crippen LogP contribution in [0.4, 0.5) is 0 Å². The number of ketones is 2. The Morgan fingerprint density at radius 2 is 1.82 bits per heavy atom. The average Bonchev–Trinajstić information content (AvgIpc) is 3.06. The number of hydrogen-bond acceptors (Lipinski definition) is 4. The molecule has 1 aliphatic rings. The fraction of sp³-hybridized carbons (Fsp3) is 0.417. The van der Waals surface area contributed by atoms with Crippen molar-refractivity contribution in [2.45, 2.75) is 51.6 Å². The zero-order valence-corrected chi connectivity index (χ0v) is 16.9. The van der Waals surface area contributed by atoms with E-state index in [0.29, 0.717) is 36.3 Å². The summed E-state index contributed by atoms with van der Waals surface area (Å²) in [6.07, 6.45) is 2.36. The molecule has 148 valence electrons. The van der Waals surface area contributed by atoms with E-state index in [1.54, 1.807) is 13.2 Å². The van der Waals surface area contributed by atoms with Gasteiger partial charge in [0, 0.05) is 43.6 Å². The first-order valence-electron chi connectivity index (χ1n) is 10.0. The fourth-order valence-corrected chi connectivity index (χ4v) is 3.87. The van der Waals surface area contributed by atoms with Crippen LogP contribution in [0, 0.1) is 0 Å². The molecular formula is C24H28O4. The predicted octanol–water partition coefficient (Wildman–Crippen LogP) is 5.19. The van der Waals surface area contributed by atoms with Gasteiger partial charge in [0.1, 0.15) is 11.9 Å². The van der Waals surface area contributed by atoms with Crippen LogP contribution in [-0.4, -0.2) is 31.4 Å². The van der Waals surface area contributed by atoms with Gasteiger partial charge in [0.2, 0.25) is 0 Å². The molecule has 28 heavy (non-hydrogen) atoms. The third-order valence-electron chi connectivity index (χ3n) is 5.33. The minimum absolute atomic E-state index is 0.00574. The Labute approximate surface area is 166 Å². The number of benzene rings is 2. The van der Waals surface area contributed by atoms with Crippen LogP contribution in [0.3, 0.4) is 0 Å². The van der Waals surface area contributed by atoms with Gasteiger partial charge in [-0.25, -0.2) is 0 Å². The van der Waals surface area contributed by atoms with Crippen LogP contribution in [-0.2, 0) is 4.74 Å². The lowest BCUT2D eigenvalue weighted by atomic mass is 9.85. The van der Waals surface area contributed by atoms with Gasteiger partial charge < -0.3 is 9.47 Å². The highest BCUT2D eigenvalue weighted by molar-refractivity contribution is 6.04. The largest absolute Gasteiger partial charge is 0.489 e. The van der Waals surface area contributed by atoms with E-state index in [-0.39, 0.29) is 23.6 Å². The van der Waals surface area contributed by atoms with Crippen molar-refractivity contribution in [2.24, 2.45) is 0 Å². The second kappa shape index (κ2) is 9.16. The summed E-state index contributed by atoms with van der Waals surface area (Å²) >= 11 is 0. The standard InChI is InChI=1S/C24H28O4/c1-4-21(25)19-14-18(22(26)12-8-9-13-27-3)15-20-23(16(2)28-24(19)20)17-10-6-5-7-11-17/h5-7,10-11,14-16,23H,4,8-9,12-13H2,1-3H3/t16-,23+/m1/s1. The number of methoxy groups -OCH3 is 1. The first-order valence-corrected chi connectivity index (χ1v) is 10.0. The first-order chi connectivity index (χ1) is 13.6. The van der Waals surface area contributed by atoms with Gasteiger partial charge in [-0.2, -0.15) is 0 Å². The molecule has 0 saturated carbocycles. The number of rotatable bonds is 9. The molecule has 2 aromatic carbocycles. The Kier molecular flexibility index (Phi) is 6.63. The molecule has 0 radical (unpaired) electrons. The van der Waals surface area contributed by atoms with Crippen LogP contribution in [0.5, 0.6) is 5.75 Å². The summed E-state index contributed by atoms with van der Waals surface area (Å²) in [4.78, 5) is 25.4. The topological polar surface area (TPSA) is 52.6 Å². The van der Waals surface area contributed by atoms with Crippen LogP contribution >= 0.6 is 0 Å². The number of unbranched alkanes of at least 4 members (excludes halogenated alkanes) is 1. The zero-order chi connectivity index (χ0) is 20.1. The van der Waals surface area contributed by atoms with Crippen molar-refractivity contribution in [3.8, 4) is 5.75 Å². The third-order valence-corrected chi connectivity index (χ3v) is 5.33. The summed E-state index contributed by atoms with van der Waals surface area (Å²) in [6, 6.07) is 13.8. The van der Waals surface area contributed by atoms with Gasteiger partial charge in [-0.15, -0.1) is 0 Å². The molecule has 4 nitrogen and oxygen atoms in total. The molecule has 0 aromatic heterocycles. The summed E-state index contributed by atoms with van der Waals surface area (Å²) in [5.41, 5.74) is 3.21. The van der Waals surface area contributed by atoms with Crippen LogP contribution in [0.1, 0.15) is 77.3 Å². The number of Topliss-reactive ketones (excluding diaryl/α,β-unsaturated/α-hetero) is 2. The highest BCUT2D eigenvalue weighted by atomic mass is 16.5. The van der Waals surface area contributed by atoms with E-state index in [1.807, 2.05) is 38.1 Å². The second-order valence-corrected chi connectivity index (χ2v) is 7.30. The van der Waals surface area contributed by atoms with E-state index in [9.17, 15) is 9.59 Å². The number of ether oxygens (including phenoxy) is 2. The van der Waals surface area contributed by atoms with Gasteiger partial charge in [0.05, 0.1) is 5.56 Å². The zero-order valence-electron chi connectivity index (χ0n) is 16.9. The van der Waals surface area contributed by atoms with Gasteiger partial charge in [-0.3, -0.25) is 9.59 Å². The molecule has 0 N–H and O–H groups in total. The minimum atomic E-state index is -0.0899. The van der Waals surface area contributed by atoms with Crippen LogP contribution < -0.4 is 4.74 Å². The molecule has 1 aliphatic heterocycles. The predicted molar refractivity (Wildman–Crippen MR) is 109 cm³/mol. The van der Waals surface area contributed by atoms with E-state index in [0.717, 1.165) is 24.0 Å². The monoisotopic (exact) mass is 380 g/mol. The van der Waals surface area contributed by atoms with E-state index in [1.165, 1.54) is 0 Å². The Hall–Kier alpha value is -2.46. The maximum absolute atomic E-state index is 12.8. The lowest BCUT2D eigenvalue weighted by Gasteiger charge is -2.15. The SMILES string of the molecule is CCC(=O)c1cc(C(=O)CCCCOC)cc2c1O[C@H](C)[C@H]2c1ccccc1. The smallest absolute Gasteiger partial charge is 0.166 e. The van der Waals surface area contributed by atoms with E-state index in [2.05, 4.69) is 12.1 Å². The minimum Gasteiger partial charge on any atom is -0.489 e. The second-order valence-electron chi connectivity index (χ2n) is 7.30. The lowest BCUT2D eigenvalue weighted by molar-refractivity contribution is 0.0974. The molecule has 0 saturated heterocycles. The molecule has 0 aliphatic carbocycles. The Morgan fingerprint density at radius 3 is 2.50 bits per heavy atom. The first kappa shape index (κ1) is 20.3. The van der Waals surface area contributed by atoms with Crippen LogP contribution in [0.15, 0.2) is 42.5 Å². The molecule has 0 spiro atoms. The summed E-state index contributed by atoms with van der Waals surface area (Å²) < 4.78 is 11.2. The van der Waals surface area contributed by atoms with Crippen molar-refractivity contribution in [3.05, 3.63) is 64.7 Å². The van der Waals surface area contributed by atoms with Gasteiger partial charge in [-0.05, 0) is 37.5 Å². The van der Waals surface area contributed by atoms with E-state index < -0.39 is 0 Å². The van der Waals surface area contributed by atoms with Crippen LogP contribution in [0.2, 0.25) is 0 Å². The van der Waals surface area contributed by atoms with Crippen molar-refractivity contribution < 1.29 is 19.1 Å². The van der Waals surface area contributed by atoms with Gasteiger partial charge in [-0.1, -0.05) is 37.3 Å². The summed E-state index contributed by atoms with van der Waals surface area (Å²) in [5.74, 6) is 0.728. The highest BCUT2D eigenvalue weighted by Gasteiger charge is 2.36. The molecule has 4 heteroatoms. The average molecular weight is 380 g/mol. The van der Waals surface area contributed by atoms with Crippen molar-refractivity contribution in [3.63, 3.8) is 0 Å². The number of carbonyl (C=O) groups is 2. The molecule has 0 bridgehead atoms. The molecule has 2 atom stereocenters. The van der Waals surface area contributed by atoms with Crippen molar-refractivity contribution in [1.29, 1.82) is 0 Å². The number of hydrogen-bond donors (Lipinski definition) is 0. The third kappa shape index (κ3) is 4.17. The summed E-state index contributed by atoms with van der Waals surface area (Å²) in [5, 5.41) is 0. The van der Waals surface area contributed by atoms with Crippen molar-refractivity contribution in [2.75, 3.05) is 13.7 Å². The molecule has 0 fully saturated rings. The molecule has 1 heterocycles. The fourth-order valence-electron chi connectivity index (χ4n) is 3.87. The van der Waals surface area contributed by atoms with Gasteiger partial charge in [0.15, 0.2) is 11.6 Å². The van der Waals surface area contributed by atoms with Crippen molar-refractivity contribution in [1.82, 2.24) is 0 Å². The molecule has 2 aromatic rings. The quantitative estimate of drug-likeness (QED) is 0.444. The lowest BCUT2D eigenvalue weighted by Crippen LogP contribution is -2.15. The summed E-state index contributed by atoms with van der Waals surface area (Å²) in [7, 11) is 1.66. The van der Waals surface area contributed by atoms with E-state index >= 15 is 0 Å². The van der Waals surface area contributed by atoms with E-state index in [4.69, 9.17) is 9.47 Å². The molecule has 0 unspecified atom stereocenters.